The number of nitrogens with zero attached hydrogens (tertiary/aromatic N) is 2. The molecule has 0 amide bonds. The second-order valence-electron chi connectivity index (χ2n) is 3.90. The van der Waals surface area contributed by atoms with E-state index in [0.717, 1.165) is 16.9 Å². The lowest BCUT2D eigenvalue weighted by Gasteiger charge is -1.99. The molecule has 0 spiro atoms. The molecule has 0 aliphatic heterocycles. The van der Waals surface area contributed by atoms with Crippen molar-refractivity contribution in [1.82, 2.24) is 9.38 Å². The van der Waals surface area contributed by atoms with Crippen molar-refractivity contribution in [3.8, 4) is 11.3 Å². The highest BCUT2D eigenvalue weighted by Gasteiger charge is 2.10. The summed E-state index contributed by atoms with van der Waals surface area (Å²) < 4.78 is 1.83. The molecule has 2 heterocycles. The summed E-state index contributed by atoms with van der Waals surface area (Å²) in [5.74, 6) is 0.631. The zero-order chi connectivity index (χ0) is 11.8. The van der Waals surface area contributed by atoms with Gasteiger partial charge in [-0.1, -0.05) is 41.9 Å². The van der Waals surface area contributed by atoms with Gasteiger partial charge in [0.25, 0.3) is 0 Å². The van der Waals surface area contributed by atoms with Crippen LogP contribution in [0.4, 0.5) is 5.82 Å². The molecule has 0 atom stereocenters. The molecule has 1 aromatic carbocycles. The van der Waals surface area contributed by atoms with Gasteiger partial charge in [0.15, 0.2) is 0 Å². The summed E-state index contributed by atoms with van der Waals surface area (Å²) in [5.41, 5.74) is 9.32. The molecule has 17 heavy (non-hydrogen) atoms. The Kier molecular flexibility index (Phi) is 2.15. The summed E-state index contributed by atoms with van der Waals surface area (Å²) >= 11 is 0. The summed E-state index contributed by atoms with van der Waals surface area (Å²) in [7, 11) is 5.73. The largest absolute Gasteiger partial charge is 0.383 e. The van der Waals surface area contributed by atoms with E-state index in [-0.39, 0.29) is 0 Å². The van der Waals surface area contributed by atoms with Gasteiger partial charge in [-0.3, -0.25) is 4.40 Å². The maximum absolute atomic E-state index is 6.08. The lowest BCUT2D eigenvalue weighted by atomic mass is 9.98. The van der Waals surface area contributed by atoms with Crippen LogP contribution in [0, 0.1) is 0 Å². The molecule has 0 saturated heterocycles. The predicted molar refractivity (Wildman–Crippen MR) is 70.4 cm³/mol. The number of imidazole rings is 1. The van der Waals surface area contributed by atoms with E-state index >= 15 is 0 Å². The van der Waals surface area contributed by atoms with Gasteiger partial charge in [0.2, 0.25) is 0 Å². The maximum atomic E-state index is 6.08. The Bertz CT molecular complexity index is 674. The van der Waals surface area contributed by atoms with Crippen molar-refractivity contribution in [1.29, 1.82) is 0 Å². The highest BCUT2D eigenvalue weighted by atomic mass is 15.1. The number of rotatable bonds is 1. The number of fused-ring (bicyclic) bond motifs is 1. The zero-order valence-corrected chi connectivity index (χ0v) is 9.17. The zero-order valence-electron chi connectivity index (χ0n) is 9.17. The van der Waals surface area contributed by atoms with E-state index in [1.54, 1.807) is 6.07 Å². The second-order valence-corrected chi connectivity index (χ2v) is 3.90. The Balaban J connectivity index is 2.28. The van der Waals surface area contributed by atoms with Crippen molar-refractivity contribution >= 4 is 24.8 Å². The number of hydrogen-bond donors (Lipinski definition) is 1. The first-order valence-corrected chi connectivity index (χ1v) is 5.34. The second kappa shape index (κ2) is 3.66. The minimum Gasteiger partial charge on any atom is -0.383 e. The van der Waals surface area contributed by atoms with Gasteiger partial charge in [0.05, 0.1) is 0 Å². The third kappa shape index (κ3) is 1.58. The number of benzene rings is 1. The van der Waals surface area contributed by atoms with Crippen LogP contribution in [0.2, 0.25) is 0 Å². The molecule has 0 aliphatic carbocycles. The van der Waals surface area contributed by atoms with Crippen molar-refractivity contribution in [3.63, 3.8) is 0 Å². The molecule has 4 heteroatoms. The summed E-state index contributed by atoms with van der Waals surface area (Å²) in [6.45, 7) is 0. The Morgan fingerprint density at radius 3 is 2.65 bits per heavy atom. The molecule has 0 bridgehead atoms. The molecule has 3 aromatic rings. The summed E-state index contributed by atoms with van der Waals surface area (Å²) in [5, 5.41) is 0. The van der Waals surface area contributed by atoms with E-state index in [2.05, 4.69) is 4.98 Å². The monoisotopic (exact) mass is 219 g/mol. The number of pyridine rings is 1. The molecule has 0 saturated carbocycles. The lowest BCUT2D eigenvalue weighted by Crippen LogP contribution is -2.03. The number of aromatic nitrogens is 2. The van der Waals surface area contributed by atoms with Gasteiger partial charge >= 0.3 is 0 Å². The molecule has 3 nitrogen and oxygen atoms in total. The fourth-order valence-electron chi connectivity index (χ4n) is 1.89. The normalized spacial score (nSPS) is 10.8. The molecule has 0 unspecified atom stereocenters. The van der Waals surface area contributed by atoms with Gasteiger partial charge in [-0.2, -0.15) is 0 Å². The van der Waals surface area contributed by atoms with Crippen LogP contribution in [-0.4, -0.2) is 17.2 Å². The van der Waals surface area contributed by atoms with E-state index in [0.29, 0.717) is 11.3 Å². The van der Waals surface area contributed by atoms with Crippen LogP contribution in [0.3, 0.4) is 0 Å². The van der Waals surface area contributed by atoms with Crippen molar-refractivity contribution < 1.29 is 0 Å². The minimum absolute atomic E-state index is 0.631. The van der Waals surface area contributed by atoms with Gasteiger partial charge in [0, 0.05) is 11.8 Å². The molecular weight excluding hydrogens is 209 g/mol. The van der Waals surface area contributed by atoms with Crippen LogP contribution in [0.5, 0.6) is 0 Å². The quantitative estimate of drug-likeness (QED) is 0.628. The van der Waals surface area contributed by atoms with E-state index < -0.39 is 0 Å². The first-order chi connectivity index (χ1) is 8.25. The van der Waals surface area contributed by atoms with E-state index in [1.165, 1.54) is 0 Å². The van der Waals surface area contributed by atoms with Gasteiger partial charge in [-0.15, -0.1) is 0 Å². The molecule has 2 radical (unpaired) electrons. The van der Waals surface area contributed by atoms with Crippen LogP contribution in [0.25, 0.3) is 16.9 Å². The predicted octanol–water partition coefficient (Wildman–Crippen LogP) is 1.38. The molecule has 3 rings (SSSR count). The molecule has 80 valence electrons. The molecule has 0 fully saturated rings. The third-order valence-corrected chi connectivity index (χ3v) is 2.73. The van der Waals surface area contributed by atoms with Gasteiger partial charge < -0.3 is 5.73 Å². The molecular formula is C13H10BN3. The average Bonchev–Trinajstić information content (AvgIpc) is 2.67. The van der Waals surface area contributed by atoms with E-state index in [4.69, 9.17) is 13.6 Å². The average molecular weight is 219 g/mol. The highest BCUT2D eigenvalue weighted by Crippen LogP contribution is 2.25. The maximum Gasteiger partial charge on any atom is 0.138 e. The minimum atomic E-state index is 0.631. The Morgan fingerprint density at radius 2 is 1.88 bits per heavy atom. The van der Waals surface area contributed by atoms with Crippen molar-refractivity contribution in [3.05, 3.63) is 48.7 Å². The van der Waals surface area contributed by atoms with Gasteiger partial charge in [0.1, 0.15) is 25.0 Å². The Labute approximate surface area is 100 Å². The fraction of sp³-hybridized carbons (Fsp3) is 0. The summed E-state index contributed by atoms with van der Waals surface area (Å²) in [4.78, 5) is 4.50. The van der Waals surface area contributed by atoms with Crippen LogP contribution in [-0.2, 0) is 0 Å². The molecule has 0 aliphatic rings. The Hall–Kier alpha value is -2.23. The fourth-order valence-corrected chi connectivity index (χ4v) is 1.89. The SMILES string of the molecule is [B]c1ccn2c(N)c(-c3ccccc3)nc2c1. The highest BCUT2D eigenvalue weighted by molar-refractivity contribution is 6.32. The van der Waals surface area contributed by atoms with Crippen LogP contribution in [0.1, 0.15) is 0 Å². The van der Waals surface area contributed by atoms with Gasteiger partial charge in [-0.25, -0.2) is 4.98 Å². The van der Waals surface area contributed by atoms with Crippen LogP contribution < -0.4 is 11.2 Å². The number of nitrogen functional groups attached to an aromatic ring is 1. The van der Waals surface area contributed by atoms with Crippen LogP contribution >= 0.6 is 0 Å². The standard InChI is InChI=1S/C13H10BN3/c14-10-6-7-17-11(8-10)16-12(13(17)15)9-4-2-1-3-5-9/h1-8H,15H2. The number of hydrogen-bond acceptors (Lipinski definition) is 2. The topological polar surface area (TPSA) is 43.3 Å². The van der Waals surface area contributed by atoms with Crippen molar-refractivity contribution in [2.24, 2.45) is 0 Å². The van der Waals surface area contributed by atoms with E-state index in [1.807, 2.05) is 47.0 Å². The smallest absolute Gasteiger partial charge is 0.138 e. The summed E-state index contributed by atoms with van der Waals surface area (Å²) in [6.07, 6.45) is 1.83. The Morgan fingerprint density at radius 1 is 1.12 bits per heavy atom. The molecule has 2 aromatic heterocycles. The lowest BCUT2D eigenvalue weighted by molar-refractivity contribution is 1.20. The molecule has 2 N–H and O–H groups in total. The first kappa shape index (κ1) is 9.96. The number of nitrogens with two attached hydrogens (primary N) is 1. The summed E-state index contributed by atoms with van der Waals surface area (Å²) in [6, 6.07) is 13.5. The van der Waals surface area contributed by atoms with E-state index in [9.17, 15) is 0 Å². The van der Waals surface area contributed by atoms with Crippen LogP contribution in [0.15, 0.2) is 48.7 Å². The van der Waals surface area contributed by atoms with Crippen molar-refractivity contribution in [2.45, 2.75) is 0 Å². The van der Waals surface area contributed by atoms with Crippen molar-refractivity contribution in [2.75, 3.05) is 5.73 Å². The number of anilines is 1. The first-order valence-electron chi connectivity index (χ1n) is 5.34. The van der Waals surface area contributed by atoms with Gasteiger partial charge in [-0.05, 0) is 6.07 Å². The third-order valence-electron chi connectivity index (χ3n) is 2.73.